The Balaban J connectivity index is 1.92. The summed E-state index contributed by atoms with van der Waals surface area (Å²) in [6.45, 7) is 1.28. The minimum absolute atomic E-state index is 0.204. The second-order valence-electron chi connectivity index (χ2n) is 5.61. The van der Waals surface area contributed by atoms with Gasteiger partial charge in [0.2, 0.25) is 5.89 Å². The summed E-state index contributed by atoms with van der Waals surface area (Å²) >= 11 is 0. The molecule has 2 aromatic rings. The molecule has 1 amide bonds. The van der Waals surface area contributed by atoms with Crippen LogP contribution < -0.4 is 11.1 Å². The van der Waals surface area contributed by atoms with E-state index in [2.05, 4.69) is 10.3 Å². The normalized spacial score (nSPS) is 12.3. The number of nitrogens with zero attached hydrogens (tertiary/aromatic N) is 2. The molecule has 2 rings (SSSR count). The number of aromatic nitrogens is 1. The van der Waals surface area contributed by atoms with Gasteiger partial charge in [-0.3, -0.25) is 4.79 Å². The van der Waals surface area contributed by atoms with Crippen molar-refractivity contribution in [1.29, 1.82) is 0 Å². The topological polar surface area (TPSA) is 105 Å². The minimum atomic E-state index is -0.456. The Kier molecular flexibility index (Phi) is 5.72. The summed E-state index contributed by atoms with van der Waals surface area (Å²) in [5.74, 6) is 0.240. The van der Waals surface area contributed by atoms with E-state index in [1.807, 2.05) is 19.0 Å². The number of amides is 1. The smallest absolute Gasteiger partial charge is 0.273 e. The molecule has 0 bridgehead atoms. The maximum absolute atomic E-state index is 11.9. The summed E-state index contributed by atoms with van der Waals surface area (Å²) in [6.07, 6.45) is 1.82. The molecular weight excluding hydrogens is 296 g/mol. The van der Waals surface area contributed by atoms with Crippen molar-refractivity contribution in [1.82, 2.24) is 15.2 Å². The lowest BCUT2D eigenvalue weighted by Gasteiger charge is -2.09. The number of nitrogens with two attached hydrogens (primary N) is 1. The summed E-state index contributed by atoms with van der Waals surface area (Å²) < 4.78 is 5.31. The zero-order valence-electron chi connectivity index (χ0n) is 13.3. The summed E-state index contributed by atoms with van der Waals surface area (Å²) in [7, 11) is 3.87. The van der Waals surface area contributed by atoms with Crippen LogP contribution in [0.15, 0.2) is 34.9 Å². The Morgan fingerprint density at radius 3 is 2.74 bits per heavy atom. The second kappa shape index (κ2) is 7.75. The summed E-state index contributed by atoms with van der Waals surface area (Å²) in [5, 5.41) is 12.0. The molecule has 0 aliphatic rings. The van der Waals surface area contributed by atoms with Crippen LogP contribution in [0.4, 0.5) is 0 Å². The fraction of sp³-hybridized carbons (Fsp3) is 0.375. The Bertz CT molecular complexity index is 637. The lowest BCUT2D eigenvalue weighted by Crippen LogP contribution is -2.31. The van der Waals surface area contributed by atoms with Crippen molar-refractivity contribution < 1.29 is 14.3 Å². The molecule has 0 aliphatic carbocycles. The first kappa shape index (κ1) is 17.0. The van der Waals surface area contributed by atoms with Crippen molar-refractivity contribution in [2.75, 3.05) is 27.2 Å². The Hall–Kier alpha value is -2.38. The number of hydrogen-bond donors (Lipinski definition) is 3. The fourth-order valence-electron chi connectivity index (χ4n) is 2.02. The first-order valence-electron chi connectivity index (χ1n) is 7.37. The maximum Gasteiger partial charge on any atom is 0.273 e. The number of carbonyl (C=O) groups is 1. The van der Waals surface area contributed by atoms with E-state index in [1.165, 1.54) is 6.26 Å². The van der Waals surface area contributed by atoms with Crippen LogP contribution in [0.2, 0.25) is 0 Å². The maximum atomic E-state index is 11.9. The average Bonchev–Trinajstić information content (AvgIpc) is 2.99. The first-order chi connectivity index (χ1) is 11.0. The van der Waals surface area contributed by atoms with Crippen molar-refractivity contribution in [3.05, 3.63) is 47.7 Å². The molecule has 1 heterocycles. The lowest BCUT2D eigenvalue weighted by atomic mass is 10.1. The van der Waals surface area contributed by atoms with Gasteiger partial charge in [-0.1, -0.05) is 12.1 Å². The number of nitrogens with one attached hydrogen (secondary N) is 1. The Labute approximate surface area is 135 Å². The third-order valence-electron chi connectivity index (χ3n) is 3.31. The number of oxazole rings is 1. The van der Waals surface area contributed by atoms with Gasteiger partial charge in [0.25, 0.3) is 5.91 Å². The van der Waals surface area contributed by atoms with Crippen molar-refractivity contribution in [3.63, 3.8) is 0 Å². The molecule has 1 atom stereocenters. The third kappa shape index (κ3) is 5.08. The van der Waals surface area contributed by atoms with Crippen molar-refractivity contribution in [2.45, 2.75) is 12.5 Å². The number of carbonyl (C=O) groups excluding carboxylic acids is 1. The van der Waals surface area contributed by atoms with Crippen LogP contribution in [0, 0.1) is 0 Å². The van der Waals surface area contributed by atoms with Crippen molar-refractivity contribution in [3.8, 4) is 5.75 Å². The van der Waals surface area contributed by atoms with Crippen LogP contribution in [0.5, 0.6) is 5.75 Å². The van der Waals surface area contributed by atoms with Gasteiger partial charge in [0.05, 0.1) is 6.04 Å². The molecule has 0 saturated heterocycles. The molecule has 4 N–H and O–H groups in total. The van der Waals surface area contributed by atoms with Gasteiger partial charge < -0.3 is 25.5 Å². The third-order valence-corrected chi connectivity index (χ3v) is 3.31. The van der Waals surface area contributed by atoms with E-state index < -0.39 is 6.04 Å². The summed E-state index contributed by atoms with van der Waals surface area (Å²) in [6, 6.07) is 6.31. The van der Waals surface area contributed by atoms with Crippen LogP contribution >= 0.6 is 0 Å². The van der Waals surface area contributed by atoms with Gasteiger partial charge in [-0.15, -0.1) is 0 Å². The molecule has 0 fully saturated rings. The standard InChI is InChI=1S/C16H22N4O3/c1-20(2)8-7-18-15(22)14-10-23-16(19-14)13(17)9-11-3-5-12(21)6-4-11/h3-6,10,13,21H,7-9,17H2,1-2H3,(H,18,22). The van der Waals surface area contributed by atoms with Gasteiger partial charge in [0.15, 0.2) is 5.69 Å². The predicted octanol–water partition coefficient (Wildman–Crippen LogP) is 0.914. The first-order valence-corrected chi connectivity index (χ1v) is 7.37. The number of phenols is 1. The van der Waals surface area contributed by atoms with Crippen molar-refractivity contribution in [2.24, 2.45) is 5.73 Å². The molecule has 1 unspecified atom stereocenters. The highest BCUT2D eigenvalue weighted by Crippen LogP contribution is 2.17. The van der Waals surface area contributed by atoms with Crippen LogP contribution in [0.3, 0.4) is 0 Å². The van der Waals surface area contributed by atoms with Gasteiger partial charge in [-0.25, -0.2) is 4.98 Å². The van der Waals surface area contributed by atoms with Crippen LogP contribution in [0.25, 0.3) is 0 Å². The summed E-state index contributed by atoms with van der Waals surface area (Å²) in [4.78, 5) is 18.1. The molecule has 23 heavy (non-hydrogen) atoms. The lowest BCUT2D eigenvalue weighted by molar-refractivity contribution is 0.0946. The van der Waals surface area contributed by atoms with E-state index in [0.29, 0.717) is 18.9 Å². The number of hydrogen-bond acceptors (Lipinski definition) is 6. The van der Waals surface area contributed by atoms with Crippen LogP contribution in [-0.4, -0.2) is 48.1 Å². The molecule has 124 valence electrons. The molecule has 0 radical (unpaired) electrons. The van der Waals surface area contributed by atoms with E-state index in [-0.39, 0.29) is 17.4 Å². The molecule has 7 heteroatoms. The van der Waals surface area contributed by atoms with E-state index in [9.17, 15) is 9.90 Å². The van der Waals surface area contributed by atoms with Crippen LogP contribution in [0.1, 0.15) is 28.0 Å². The van der Waals surface area contributed by atoms with Gasteiger partial charge in [-0.05, 0) is 38.2 Å². The molecule has 1 aromatic heterocycles. The molecule has 7 nitrogen and oxygen atoms in total. The van der Waals surface area contributed by atoms with Crippen LogP contribution in [-0.2, 0) is 6.42 Å². The molecule has 0 aliphatic heterocycles. The number of rotatable bonds is 7. The highest BCUT2D eigenvalue weighted by molar-refractivity contribution is 5.91. The Morgan fingerprint density at radius 2 is 2.09 bits per heavy atom. The van der Waals surface area contributed by atoms with Crippen molar-refractivity contribution >= 4 is 5.91 Å². The van der Waals surface area contributed by atoms with Gasteiger partial charge in [-0.2, -0.15) is 0 Å². The molecular formula is C16H22N4O3. The van der Waals surface area contributed by atoms with E-state index >= 15 is 0 Å². The van der Waals surface area contributed by atoms with Gasteiger partial charge >= 0.3 is 0 Å². The van der Waals surface area contributed by atoms with Gasteiger partial charge in [0.1, 0.15) is 12.0 Å². The zero-order chi connectivity index (χ0) is 16.8. The average molecular weight is 318 g/mol. The number of phenolic OH excluding ortho intramolecular Hbond substituents is 1. The quantitative estimate of drug-likeness (QED) is 0.701. The fourth-order valence-corrected chi connectivity index (χ4v) is 2.02. The van der Waals surface area contributed by atoms with Gasteiger partial charge in [0, 0.05) is 13.1 Å². The monoisotopic (exact) mass is 318 g/mol. The molecule has 1 aromatic carbocycles. The molecule has 0 saturated carbocycles. The SMILES string of the molecule is CN(C)CCNC(=O)c1coc(C(N)Cc2ccc(O)cc2)n1. The predicted molar refractivity (Wildman–Crippen MR) is 86.1 cm³/mol. The highest BCUT2D eigenvalue weighted by atomic mass is 16.3. The largest absolute Gasteiger partial charge is 0.508 e. The number of likely N-dealkylation sites (N-methyl/N-ethyl adjacent to an activating group) is 1. The molecule has 0 spiro atoms. The van der Waals surface area contributed by atoms with E-state index in [0.717, 1.165) is 12.1 Å². The highest BCUT2D eigenvalue weighted by Gasteiger charge is 2.17. The second-order valence-corrected chi connectivity index (χ2v) is 5.61. The Morgan fingerprint density at radius 1 is 1.39 bits per heavy atom. The number of benzene rings is 1. The zero-order valence-corrected chi connectivity index (χ0v) is 13.3. The van der Waals surface area contributed by atoms with E-state index in [1.54, 1.807) is 24.3 Å². The summed E-state index contributed by atoms with van der Waals surface area (Å²) in [5.41, 5.74) is 7.23. The number of aromatic hydroxyl groups is 1. The van der Waals surface area contributed by atoms with E-state index in [4.69, 9.17) is 10.2 Å². The minimum Gasteiger partial charge on any atom is -0.508 e.